The fraction of sp³-hybridized carbons (Fsp3) is 0.257. The number of aromatic nitrogens is 2. The van der Waals surface area contributed by atoms with Gasteiger partial charge < -0.3 is 10.3 Å². The summed E-state index contributed by atoms with van der Waals surface area (Å²) in [6, 6.07) is 28.6. The number of sulfonamides is 1. The molecule has 1 amide bonds. The van der Waals surface area contributed by atoms with Crippen molar-refractivity contribution in [2.75, 3.05) is 13.1 Å². The summed E-state index contributed by atoms with van der Waals surface area (Å²) < 4.78 is 31.1. The first-order valence-electron chi connectivity index (χ1n) is 15.1. The Hall–Kier alpha value is -3.69. The first-order valence-corrected chi connectivity index (χ1v) is 17.3. The van der Waals surface area contributed by atoms with Crippen molar-refractivity contribution in [3.63, 3.8) is 0 Å². The third kappa shape index (κ3) is 5.76. The summed E-state index contributed by atoms with van der Waals surface area (Å²) in [7, 11) is -3.88. The maximum Gasteiger partial charge on any atom is 0.250 e. The highest BCUT2D eigenvalue weighted by molar-refractivity contribution is 7.89. The third-order valence-electron chi connectivity index (χ3n) is 8.98. The molecule has 2 fully saturated rings. The lowest BCUT2D eigenvalue weighted by Gasteiger charge is -2.33. The van der Waals surface area contributed by atoms with Crippen molar-refractivity contribution in [2.24, 2.45) is 5.73 Å². The van der Waals surface area contributed by atoms with E-state index >= 15 is 0 Å². The summed E-state index contributed by atoms with van der Waals surface area (Å²) in [5.74, 6) is 0.689. The smallest absolute Gasteiger partial charge is 0.250 e. The van der Waals surface area contributed by atoms with E-state index in [4.69, 9.17) is 33.9 Å². The van der Waals surface area contributed by atoms with E-state index in [0.29, 0.717) is 41.9 Å². The van der Waals surface area contributed by atoms with Crippen molar-refractivity contribution >= 4 is 50.2 Å². The van der Waals surface area contributed by atoms with Crippen LogP contribution in [0.15, 0.2) is 95.9 Å². The quantitative estimate of drug-likeness (QED) is 0.174. The van der Waals surface area contributed by atoms with Crippen LogP contribution in [0.25, 0.3) is 11.0 Å². The first kappa shape index (κ1) is 30.0. The Kier molecular flexibility index (Phi) is 7.94. The Morgan fingerprint density at radius 2 is 1.38 bits per heavy atom. The summed E-state index contributed by atoms with van der Waals surface area (Å²) in [6.45, 7) is 0.670. The van der Waals surface area contributed by atoms with E-state index in [9.17, 15) is 13.2 Å². The molecule has 10 heteroatoms. The van der Waals surface area contributed by atoms with Crippen LogP contribution in [-0.2, 0) is 10.0 Å². The van der Waals surface area contributed by atoms with E-state index < -0.39 is 15.9 Å². The molecule has 0 bridgehead atoms. The van der Waals surface area contributed by atoms with Crippen molar-refractivity contribution in [1.29, 1.82) is 0 Å². The van der Waals surface area contributed by atoms with Crippen LogP contribution in [0, 0.1) is 0 Å². The number of imidazole rings is 1. The van der Waals surface area contributed by atoms with Crippen LogP contribution in [-0.4, -0.2) is 41.3 Å². The second kappa shape index (κ2) is 11.9. The Morgan fingerprint density at radius 1 is 0.800 bits per heavy atom. The largest absolute Gasteiger partial charge is 0.366 e. The molecule has 0 atom stereocenters. The number of nitrogens with zero attached hydrogens (tertiary/aromatic N) is 3. The molecule has 230 valence electrons. The predicted octanol–water partition coefficient (Wildman–Crippen LogP) is 7.53. The Labute approximate surface area is 272 Å². The zero-order valence-electron chi connectivity index (χ0n) is 24.4. The molecule has 1 aliphatic carbocycles. The summed E-state index contributed by atoms with van der Waals surface area (Å²) in [5, 5.41) is 1.37. The minimum absolute atomic E-state index is 0.0136. The number of carbonyl (C=O) groups is 1. The van der Waals surface area contributed by atoms with Crippen molar-refractivity contribution in [3.05, 3.63) is 129 Å². The van der Waals surface area contributed by atoms with Crippen LogP contribution in [0.4, 0.5) is 0 Å². The van der Waals surface area contributed by atoms with Crippen LogP contribution >= 0.6 is 23.2 Å². The molecule has 45 heavy (non-hydrogen) atoms. The van der Waals surface area contributed by atoms with Gasteiger partial charge in [0.05, 0.1) is 21.5 Å². The number of carbonyl (C=O) groups excluding carboxylic acids is 1. The first-order chi connectivity index (χ1) is 21.7. The maximum absolute atomic E-state index is 13.6. The van der Waals surface area contributed by atoms with Crippen LogP contribution in [0.2, 0.25) is 10.0 Å². The van der Waals surface area contributed by atoms with Gasteiger partial charge in [-0.2, -0.15) is 4.31 Å². The zero-order chi connectivity index (χ0) is 31.3. The second-order valence-electron chi connectivity index (χ2n) is 11.9. The molecule has 7 rings (SSSR count). The van der Waals surface area contributed by atoms with Gasteiger partial charge in [0, 0.05) is 41.0 Å². The van der Waals surface area contributed by atoms with Gasteiger partial charge in [0.1, 0.15) is 5.82 Å². The van der Waals surface area contributed by atoms with E-state index in [-0.39, 0.29) is 22.4 Å². The van der Waals surface area contributed by atoms with Gasteiger partial charge in [-0.1, -0.05) is 65.7 Å². The molecule has 1 aromatic heterocycles. The number of halogens is 2. The Morgan fingerprint density at radius 3 is 1.96 bits per heavy atom. The monoisotopic (exact) mass is 658 g/mol. The molecule has 0 spiro atoms. The number of hydrogen-bond acceptors (Lipinski definition) is 4. The van der Waals surface area contributed by atoms with Crippen molar-refractivity contribution in [1.82, 2.24) is 13.9 Å². The highest BCUT2D eigenvalue weighted by Crippen LogP contribution is 2.44. The predicted molar refractivity (Wildman–Crippen MR) is 178 cm³/mol. The Bertz CT molecular complexity index is 1950. The molecule has 2 N–H and O–H groups in total. The second-order valence-corrected chi connectivity index (χ2v) is 14.7. The third-order valence-corrected chi connectivity index (χ3v) is 11.4. The van der Waals surface area contributed by atoms with Crippen LogP contribution in [0.5, 0.6) is 0 Å². The zero-order valence-corrected chi connectivity index (χ0v) is 26.8. The van der Waals surface area contributed by atoms with Gasteiger partial charge in [0.25, 0.3) is 0 Å². The summed E-state index contributed by atoms with van der Waals surface area (Å²) >= 11 is 12.5. The van der Waals surface area contributed by atoms with Gasteiger partial charge in [-0.3, -0.25) is 4.79 Å². The van der Waals surface area contributed by atoms with Crippen molar-refractivity contribution in [2.45, 2.75) is 48.5 Å². The number of nitrogens with two attached hydrogens (primary N) is 1. The van der Waals surface area contributed by atoms with E-state index in [1.165, 1.54) is 16.4 Å². The van der Waals surface area contributed by atoms with E-state index in [2.05, 4.69) is 47.0 Å². The summed E-state index contributed by atoms with van der Waals surface area (Å²) in [6.07, 6.45) is 3.47. The Balaban J connectivity index is 1.25. The molecular formula is C35H32Cl2N4O3S. The topological polar surface area (TPSA) is 98.3 Å². The van der Waals surface area contributed by atoms with Crippen LogP contribution in [0.1, 0.15) is 76.4 Å². The van der Waals surface area contributed by atoms with E-state index in [1.807, 2.05) is 24.3 Å². The molecule has 0 unspecified atom stereocenters. The highest BCUT2D eigenvalue weighted by atomic mass is 35.5. The lowest BCUT2D eigenvalue weighted by atomic mass is 9.85. The average molecular weight is 660 g/mol. The fourth-order valence-corrected chi connectivity index (χ4v) is 8.50. The van der Waals surface area contributed by atoms with Gasteiger partial charge in [0.15, 0.2) is 0 Å². The molecule has 1 saturated heterocycles. The van der Waals surface area contributed by atoms with E-state index in [1.54, 1.807) is 12.1 Å². The number of amides is 1. The number of primary amides is 1. The minimum Gasteiger partial charge on any atom is -0.366 e. The molecule has 4 aromatic carbocycles. The SMILES string of the molecule is NC(=O)c1ccccc1S(=O)(=O)N1CCC(n2c(C3CC3)nc3ccc(C(c4ccc(Cl)cc4)c4ccc(Cl)cc4)cc32)CC1. The maximum atomic E-state index is 13.6. The molecule has 5 aromatic rings. The number of hydrogen-bond donors (Lipinski definition) is 1. The van der Waals surface area contributed by atoms with E-state index in [0.717, 1.165) is 46.4 Å². The molecule has 2 heterocycles. The number of fused-ring (bicyclic) bond motifs is 1. The average Bonchev–Trinajstić information content (AvgIpc) is 3.83. The molecule has 7 nitrogen and oxygen atoms in total. The van der Waals surface area contributed by atoms with Crippen molar-refractivity contribution in [3.8, 4) is 0 Å². The summed E-state index contributed by atoms with van der Waals surface area (Å²) in [4.78, 5) is 17.1. The van der Waals surface area contributed by atoms with Gasteiger partial charge in [-0.25, -0.2) is 13.4 Å². The molecule has 1 aliphatic heterocycles. The molecule has 2 aliphatic rings. The van der Waals surface area contributed by atoms with Gasteiger partial charge in [-0.05, 0) is 90.9 Å². The lowest BCUT2D eigenvalue weighted by molar-refractivity contribution is 0.0997. The highest BCUT2D eigenvalue weighted by Gasteiger charge is 2.36. The minimum atomic E-state index is -3.88. The molecule has 1 saturated carbocycles. The normalized spacial score (nSPS) is 16.4. The standard InChI is InChI=1S/C35H32Cl2N4O3S/c36-26-12-7-22(8-13-26)33(23-9-14-27(37)15-10-23)25-11-16-30-31(21-25)41(35(39-30)24-5-6-24)28-17-19-40(20-18-28)45(43,44)32-4-2-1-3-29(32)34(38)42/h1-4,7-16,21,24,28,33H,5-6,17-20H2,(H2,38,42). The lowest BCUT2D eigenvalue weighted by Crippen LogP contribution is -2.40. The van der Waals surface area contributed by atoms with Crippen LogP contribution < -0.4 is 5.73 Å². The molecular weight excluding hydrogens is 627 g/mol. The molecule has 0 radical (unpaired) electrons. The van der Waals surface area contributed by atoms with Gasteiger partial charge in [-0.15, -0.1) is 0 Å². The van der Waals surface area contributed by atoms with Gasteiger partial charge in [0.2, 0.25) is 15.9 Å². The number of piperidine rings is 1. The van der Waals surface area contributed by atoms with Crippen molar-refractivity contribution < 1.29 is 13.2 Å². The number of benzene rings is 4. The van der Waals surface area contributed by atoms with Crippen LogP contribution in [0.3, 0.4) is 0 Å². The number of rotatable bonds is 8. The van der Waals surface area contributed by atoms with Gasteiger partial charge >= 0.3 is 0 Å². The summed E-state index contributed by atoms with van der Waals surface area (Å²) in [5.41, 5.74) is 10.9. The fourth-order valence-electron chi connectivity index (χ4n) is 6.58.